The zero-order valence-electron chi connectivity index (χ0n) is 23.3. The molecule has 1 fully saturated rings. The summed E-state index contributed by atoms with van der Waals surface area (Å²) in [4.78, 5) is 65.0. The smallest absolute Gasteiger partial charge is 0.272 e. The van der Waals surface area contributed by atoms with E-state index in [9.17, 15) is 28.4 Å². The van der Waals surface area contributed by atoms with E-state index in [0.29, 0.717) is 21.8 Å². The molecule has 1 heterocycles. The number of halogens is 2. The fraction of sp³-hybridized carbons (Fsp3) is 0.0606. The number of hydrogen-bond donors (Lipinski definition) is 3. The van der Waals surface area contributed by atoms with Crippen LogP contribution < -0.4 is 21.3 Å². The number of benzene rings is 4. The number of thioether (sulfide) groups is 1. The molecular formula is C33H24ClFN4O5S. The van der Waals surface area contributed by atoms with Crippen LogP contribution in [-0.4, -0.2) is 34.8 Å². The molecule has 45 heavy (non-hydrogen) atoms. The van der Waals surface area contributed by atoms with Crippen LogP contribution in [0.3, 0.4) is 0 Å². The number of imide groups is 1. The summed E-state index contributed by atoms with van der Waals surface area (Å²) in [6.45, 7) is 0. The molecule has 5 rings (SSSR count). The van der Waals surface area contributed by atoms with E-state index in [4.69, 9.17) is 17.3 Å². The van der Waals surface area contributed by atoms with E-state index in [1.54, 1.807) is 54.6 Å². The van der Waals surface area contributed by atoms with Gasteiger partial charge in [0.15, 0.2) is 0 Å². The SMILES string of the molecule is NC(=O)c1ccc(N2C(=O)CC(Sc3ccc(NC(=O)/C(=C/c4c(F)cccc4Cl)NC(=O)c4ccccc4)cc3)C2=O)cc1. The lowest BCUT2D eigenvalue weighted by Crippen LogP contribution is -2.31. The van der Waals surface area contributed by atoms with E-state index in [1.165, 1.54) is 54.2 Å². The molecule has 1 atom stereocenters. The second-order valence-corrected chi connectivity index (χ2v) is 11.5. The van der Waals surface area contributed by atoms with E-state index in [1.807, 2.05) is 0 Å². The number of hydrogen-bond acceptors (Lipinski definition) is 6. The molecule has 1 saturated heterocycles. The van der Waals surface area contributed by atoms with Gasteiger partial charge in [0.2, 0.25) is 17.7 Å². The Morgan fingerprint density at radius 3 is 2.22 bits per heavy atom. The zero-order valence-corrected chi connectivity index (χ0v) is 24.9. The first-order valence-corrected chi connectivity index (χ1v) is 14.7. The van der Waals surface area contributed by atoms with Crippen molar-refractivity contribution in [2.75, 3.05) is 10.2 Å². The van der Waals surface area contributed by atoms with Crippen LogP contribution in [0.25, 0.3) is 6.08 Å². The molecule has 0 bridgehead atoms. The molecule has 0 aliphatic carbocycles. The summed E-state index contributed by atoms with van der Waals surface area (Å²) >= 11 is 7.35. The van der Waals surface area contributed by atoms with Crippen molar-refractivity contribution in [1.82, 2.24) is 5.32 Å². The van der Waals surface area contributed by atoms with E-state index >= 15 is 0 Å². The summed E-state index contributed by atoms with van der Waals surface area (Å²) in [5.41, 5.74) is 6.20. The topological polar surface area (TPSA) is 139 Å². The monoisotopic (exact) mass is 642 g/mol. The van der Waals surface area contributed by atoms with Crippen LogP contribution in [-0.2, 0) is 14.4 Å². The van der Waals surface area contributed by atoms with Gasteiger partial charge in [-0.25, -0.2) is 9.29 Å². The van der Waals surface area contributed by atoms with Gasteiger partial charge in [0.1, 0.15) is 11.5 Å². The summed E-state index contributed by atoms with van der Waals surface area (Å²) < 4.78 is 14.5. The standard InChI is InChI=1S/C33H24ClFN4O5S/c34-25-7-4-8-26(35)24(25)17-27(38-31(42)20-5-2-1-3-6-20)32(43)37-21-11-15-23(16-12-21)45-28-18-29(40)39(33(28)44)22-13-9-19(10-14-22)30(36)41/h1-17,28H,18H2,(H2,36,41)(H,37,43)(H,38,42)/b27-17-. The first-order chi connectivity index (χ1) is 21.6. The summed E-state index contributed by atoms with van der Waals surface area (Å²) in [7, 11) is 0. The number of nitrogens with zero attached hydrogens (tertiary/aromatic N) is 1. The molecule has 4 N–H and O–H groups in total. The Balaban J connectivity index is 1.29. The molecule has 0 saturated carbocycles. The molecule has 5 amide bonds. The molecule has 226 valence electrons. The van der Waals surface area contributed by atoms with Crippen LogP contribution in [0.15, 0.2) is 108 Å². The van der Waals surface area contributed by atoms with Gasteiger partial charge in [0.25, 0.3) is 11.8 Å². The van der Waals surface area contributed by atoms with Crippen molar-refractivity contribution < 1.29 is 28.4 Å². The number of anilines is 2. The Bertz CT molecular complexity index is 1810. The molecule has 1 aliphatic heterocycles. The van der Waals surface area contributed by atoms with E-state index in [-0.39, 0.29) is 34.2 Å². The lowest BCUT2D eigenvalue weighted by atomic mass is 10.1. The number of amides is 5. The molecule has 0 spiro atoms. The van der Waals surface area contributed by atoms with Crippen molar-refractivity contribution in [2.45, 2.75) is 16.6 Å². The van der Waals surface area contributed by atoms with Gasteiger partial charge in [-0.05, 0) is 78.9 Å². The van der Waals surface area contributed by atoms with E-state index in [2.05, 4.69) is 10.6 Å². The Morgan fingerprint density at radius 1 is 0.889 bits per heavy atom. The van der Waals surface area contributed by atoms with Crippen LogP contribution in [0.1, 0.15) is 32.7 Å². The fourth-order valence-electron chi connectivity index (χ4n) is 4.46. The van der Waals surface area contributed by atoms with Gasteiger partial charge < -0.3 is 16.4 Å². The highest BCUT2D eigenvalue weighted by Crippen LogP contribution is 2.34. The highest BCUT2D eigenvalue weighted by Gasteiger charge is 2.40. The van der Waals surface area contributed by atoms with Crippen molar-refractivity contribution in [2.24, 2.45) is 5.73 Å². The Kier molecular flexibility index (Phi) is 9.41. The van der Waals surface area contributed by atoms with E-state index in [0.717, 1.165) is 11.0 Å². The third kappa shape index (κ3) is 7.28. The van der Waals surface area contributed by atoms with Crippen molar-refractivity contribution >= 4 is 70.3 Å². The van der Waals surface area contributed by atoms with Gasteiger partial charge in [-0.3, -0.25) is 24.0 Å². The maximum Gasteiger partial charge on any atom is 0.272 e. The van der Waals surface area contributed by atoms with Gasteiger partial charge >= 0.3 is 0 Å². The fourth-order valence-corrected chi connectivity index (χ4v) is 5.73. The molecule has 1 unspecified atom stereocenters. The Labute approximate surface area is 266 Å². The second kappa shape index (κ2) is 13.6. The maximum absolute atomic E-state index is 14.5. The molecule has 12 heteroatoms. The normalized spacial score (nSPS) is 14.8. The number of carbonyl (C=O) groups excluding carboxylic acids is 5. The van der Waals surface area contributed by atoms with Gasteiger partial charge in [-0.15, -0.1) is 11.8 Å². The van der Waals surface area contributed by atoms with Crippen LogP contribution in [0.2, 0.25) is 5.02 Å². The number of primary amides is 1. The van der Waals surface area contributed by atoms with E-state index < -0.39 is 34.7 Å². The molecular weight excluding hydrogens is 619 g/mol. The molecule has 0 aromatic heterocycles. The third-order valence-electron chi connectivity index (χ3n) is 6.72. The largest absolute Gasteiger partial charge is 0.366 e. The quantitative estimate of drug-likeness (QED) is 0.165. The Morgan fingerprint density at radius 2 is 1.58 bits per heavy atom. The third-order valence-corrected chi connectivity index (χ3v) is 8.25. The van der Waals surface area contributed by atoms with Crippen molar-refractivity contribution in [3.63, 3.8) is 0 Å². The van der Waals surface area contributed by atoms with Crippen molar-refractivity contribution in [1.29, 1.82) is 0 Å². The number of rotatable bonds is 9. The maximum atomic E-state index is 14.5. The van der Waals surface area contributed by atoms with Crippen molar-refractivity contribution in [3.05, 3.63) is 130 Å². The predicted octanol–water partition coefficient (Wildman–Crippen LogP) is 5.41. The van der Waals surface area contributed by atoms with Crippen molar-refractivity contribution in [3.8, 4) is 0 Å². The molecule has 4 aromatic carbocycles. The van der Waals surface area contributed by atoms with Gasteiger partial charge in [0.05, 0.1) is 16.0 Å². The highest BCUT2D eigenvalue weighted by atomic mass is 35.5. The minimum absolute atomic E-state index is 0.0204. The number of nitrogens with two attached hydrogens (primary N) is 1. The summed E-state index contributed by atoms with van der Waals surface area (Å²) in [6, 6.07) is 24.7. The molecule has 0 radical (unpaired) electrons. The number of carbonyl (C=O) groups is 5. The molecule has 1 aliphatic rings. The van der Waals surface area contributed by atoms with Gasteiger partial charge in [0, 0.05) is 33.7 Å². The summed E-state index contributed by atoms with van der Waals surface area (Å²) in [5, 5.41) is 4.59. The lowest BCUT2D eigenvalue weighted by Gasteiger charge is -2.15. The average molecular weight is 643 g/mol. The molecule has 9 nitrogen and oxygen atoms in total. The average Bonchev–Trinajstić information content (AvgIpc) is 3.31. The second-order valence-electron chi connectivity index (χ2n) is 9.78. The van der Waals surface area contributed by atoms with Crippen LogP contribution in [0.4, 0.5) is 15.8 Å². The number of nitrogens with one attached hydrogen (secondary N) is 2. The lowest BCUT2D eigenvalue weighted by molar-refractivity contribution is -0.121. The van der Waals surface area contributed by atoms with Crippen LogP contribution in [0.5, 0.6) is 0 Å². The predicted molar refractivity (Wildman–Crippen MR) is 170 cm³/mol. The van der Waals surface area contributed by atoms with Gasteiger partial charge in [-0.2, -0.15) is 0 Å². The minimum atomic E-state index is -0.728. The highest BCUT2D eigenvalue weighted by molar-refractivity contribution is 8.00. The summed E-state index contributed by atoms with van der Waals surface area (Å²) in [6.07, 6.45) is 1.14. The first-order valence-electron chi connectivity index (χ1n) is 13.5. The zero-order chi connectivity index (χ0) is 32.1. The van der Waals surface area contributed by atoms with Gasteiger partial charge in [-0.1, -0.05) is 35.9 Å². The molecule has 4 aromatic rings. The van der Waals surface area contributed by atoms with Crippen LogP contribution >= 0.6 is 23.4 Å². The first kappa shape index (κ1) is 31.2. The minimum Gasteiger partial charge on any atom is -0.366 e. The Hall–Kier alpha value is -5.26. The van der Waals surface area contributed by atoms with Crippen LogP contribution in [0, 0.1) is 5.82 Å². The summed E-state index contributed by atoms with van der Waals surface area (Å²) in [5.74, 6) is -3.37.